The van der Waals surface area contributed by atoms with Crippen molar-refractivity contribution in [3.63, 3.8) is 0 Å². The number of benzene rings is 2. The van der Waals surface area contributed by atoms with E-state index < -0.39 is 36.2 Å². The van der Waals surface area contributed by atoms with Gasteiger partial charge in [-0.15, -0.1) is 0 Å². The molecule has 33 heavy (non-hydrogen) atoms. The third-order valence-corrected chi connectivity index (χ3v) is 5.13. The number of ketones is 1. The molecule has 0 bridgehead atoms. The summed E-state index contributed by atoms with van der Waals surface area (Å²) >= 11 is 0. The molecule has 0 fully saturated rings. The van der Waals surface area contributed by atoms with Gasteiger partial charge in [0.05, 0.1) is 26.7 Å². The van der Waals surface area contributed by atoms with Crippen LogP contribution in [-0.4, -0.2) is 60.8 Å². The first kappa shape index (κ1) is 25.7. The zero-order valence-corrected chi connectivity index (χ0v) is 19.0. The number of esters is 1. The van der Waals surface area contributed by atoms with E-state index in [1.54, 1.807) is 49.4 Å². The second-order valence-corrected chi connectivity index (χ2v) is 7.48. The number of hydrogen-bond donors (Lipinski definition) is 4. The van der Waals surface area contributed by atoms with Crippen LogP contribution in [0.15, 0.2) is 42.5 Å². The number of ether oxygens (including phenoxy) is 2. The van der Waals surface area contributed by atoms with Crippen LogP contribution < -0.4 is 15.4 Å². The van der Waals surface area contributed by atoms with E-state index in [1.165, 1.54) is 14.2 Å². The van der Waals surface area contributed by atoms with E-state index in [0.717, 1.165) is 0 Å². The molecule has 0 aliphatic rings. The number of aliphatic carboxylic acids is 1. The summed E-state index contributed by atoms with van der Waals surface area (Å²) in [7, 11) is 2.75. The number of methoxy groups -OCH3 is 2. The van der Waals surface area contributed by atoms with E-state index in [-0.39, 0.29) is 11.3 Å². The summed E-state index contributed by atoms with van der Waals surface area (Å²) < 4.78 is 9.81. The summed E-state index contributed by atoms with van der Waals surface area (Å²) in [6.45, 7) is 1.96. The molecule has 2 aromatic carbocycles. The molecule has 2 rings (SSSR count). The number of nitrogens with one attached hydrogen (secondary N) is 2. The average molecular weight is 459 g/mol. The predicted molar refractivity (Wildman–Crippen MR) is 123 cm³/mol. The second kappa shape index (κ2) is 12.4. The van der Waals surface area contributed by atoms with Gasteiger partial charge in [-0.2, -0.15) is 0 Å². The Hall–Kier alpha value is -3.59. The van der Waals surface area contributed by atoms with Gasteiger partial charge in [0.25, 0.3) is 0 Å². The van der Waals surface area contributed by atoms with Crippen molar-refractivity contribution < 1.29 is 34.1 Å². The molecule has 0 radical (unpaired) electrons. The zero-order chi connectivity index (χ0) is 24.4. The standard InChI is InChI=1S/C24H30N2O7/c1-15(24(31)33-3)26-18-11-5-4-10-17(18)23(30)19(14-21(27)28)25-13-7-9-16-8-6-12-20(32-2)22(16)29/h4-6,8,10-12,15,19,25-26,29H,7,9,13-14H2,1-3H3,(H,27,28)/t15?,19-/m0/s1. The minimum absolute atomic E-state index is 0.0675. The van der Waals surface area contributed by atoms with Gasteiger partial charge in [0.1, 0.15) is 6.04 Å². The zero-order valence-electron chi connectivity index (χ0n) is 19.0. The maximum absolute atomic E-state index is 13.2. The highest BCUT2D eigenvalue weighted by Crippen LogP contribution is 2.30. The SMILES string of the molecule is COC(=O)C(C)Nc1ccccc1C(=O)[C@H](CC(=O)O)NCCCc1cccc(OC)c1O. The Morgan fingerprint density at radius 1 is 1.06 bits per heavy atom. The highest BCUT2D eigenvalue weighted by Gasteiger charge is 2.25. The Morgan fingerprint density at radius 3 is 2.45 bits per heavy atom. The van der Waals surface area contributed by atoms with Crippen LogP contribution in [-0.2, 0) is 20.7 Å². The molecule has 9 heteroatoms. The van der Waals surface area contributed by atoms with Gasteiger partial charge in [-0.3, -0.25) is 9.59 Å². The Bertz CT molecular complexity index is 977. The molecule has 0 heterocycles. The number of anilines is 1. The molecule has 2 atom stereocenters. The van der Waals surface area contributed by atoms with Crippen molar-refractivity contribution in [2.75, 3.05) is 26.1 Å². The third-order valence-electron chi connectivity index (χ3n) is 5.13. The lowest BCUT2D eigenvalue weighted by molar-refractivity contribution is -0.141. The van der Waals surface area contributed by atoms with Crippen molar-refractivity contribution in [2.45, 2.75) is 38.3 Å². The summed E-state index contributed by atoms with van der Waals surface area (Å²) in [6.07, 6.45) is 0.673. The summed E-state index contributed by atoms with van der Waals surface area (Å²) in [5.41, 5.74) is 1.39. The van der Waals surface area contributed by atoms with E-state index in [0.29, 0.717) is 36.4 Å². The number of phenolic OH excluding ortho intramolecular Hbond substituents is 1. The molecule has 0 aliphatic carbocycles. The number of Topliss-reactive ketones (excluding diaryl/α,β-unsaturated/α-hetero) is 1. The first-order chi connectivity index (χ1) is 15.8. The van der Waals surface area contributed by atoms with Crippen LogP contribution >= 0.6 is 0 Å². The summed E-state index contributed by atoms with van der Waals surface area (Å²) in [4.78, 5) is 36.3. The average Bonchev–Trinajstić information content (AvgIpc) is 2.81. The van der Waals surface area contributed by atoms with Crippen LogP contribution in [0.3, 0.4) is 0 Å². The lowest BCUT2D eigenvalue weighted by Gasteiger charge is -2.20. The molecule has 178 valence electrons. The molecule has 0 aromatic heterocycles. The quantitative estimate of drug-likeness (QED) is 0.203. The molecule has 0 saturated carbocycles. The van der Waals surface area contributed by atoms with Crippen molar-refractivity contribution in [3.05, 3.63) is 53.6 Å². The number of para-hydroxylation sites is 2. The molecule has 0 saturated heterocycles. The molecule has 0 amide bonds. The number of aryl methyl sites for hydroxylation is 1. The van der Waals surface area contributed by atoms with Gasteiger partial charge in [0.2, 0.25) is 0 Å². The van der Waals surface area contributed by atoms with E-state index in [2.05, 4.69) is 10.6 Å². The fourth-order valence-corrected chi connectivity index (χ4v) is 3.40. The number of carbonyl (C=O) groups excluding carboxylic acids is 2. The highest BCUT2D eigenvalue weighted by molar-refractivity contribution is 6.06. The monoisotopic (exact) mass is 458 g/mol. The first-order valence-corrected chi connectivity index (χ1v) is 10.6. The molecule has 1 unspecified atom stereocenters. The maximum atomic E-state index is 13.2. The van der Waals surface area contributed by atoms with Crippen LogP contribution in [0.2, 0.25) is 0 Å². The third kappa shape index (κ3) is 7.21. The van der Waals surface area contributed by atoms with Gasteiger partial charge in [0, 0.05) is 11.3 Å². The summed E-state index contributed by atoms with van der Waals surface area (Å²) in [5, 5.41) is 25.5. The van der Waals surface area contributed by atoms with Crippen LogP contribution in [0.1, 0.15) is 35.7 Å². The number of carboxylic acid groups (broad SMARTS) is 1. The first-order valence-electron chi connectivity index (χ1n) is 10.6. The number of hydrogen-bond acceptors (Lipinski definition) is 8. The van der Waals surface area contributed by atoms with Gasteiger partial charge in [0.15, 0.2) is 17.3 Å². The number of rotatable bonds is 13. The topological polar surface area (TPSA) is 134 Å². The summed E-state index contributed by atoms with van der Waals surface area (Å²) in [5.74, 6) is -1.55. The molecule has 0 spiro atoms. The largest absolute Gasteiger partial charge is 0.504 e. The van der Waals surface area contributed by atoms with Gasteiger partial charge in [-0.1, -0.05) is 24.3 Å². The van der Waals surface area contributed by atoms with E-state index >= 15 is 0 Å². The van der Waals surface area contributed by atoms with E-state index in [9.17, 15) is 24.6 Å². The van der Waals surface area contributed by atoms with E-state index in [1.807, 2.05) is 0 Å². The van der Waals surface area contributed by atoms with Crippen molar-refractivity contribution in [3.8, 4) is 11.5 Å². The highest BCUT2D eigenvalue weighted by atomic mass is 16.5. The fourth-order valence-electron chi connectivity index (χ4n) is 3.40. The lowest BCUT2D eigenvalue weighted by Crippen LogP contribution is -2.40. The Morgan fingerprint density at radius 2 is 1.79 bits per heavy atom. The van der Waals surface area contributed by atoms with Gasteiger partial charge < -0.3 is 30.3 Å². The molecule has 9 nitrogen and oxygen atoms in total. The van der Waals surface area contributed by atoms with Crippen molar-refractivity contribution in [1.82, 2.24) is 5.32 Å². The molecule has 0 aliphatic heterocycles. The minimum atomic E-state index is -1.11. The fraction of sp³-hybridized carbons (Fsp3) is 0.375. The number of phenols is 1. The van der Waals surface area contributed by atoms with Gasteiger partial charge in [-0.05, 0) is 50.1 Å². The van der Waals surface area contributed by atoms with Gasteiger partial charge >= 0.3 is 11.9 Å². The second-order valence-electron chi connectivity index (χ2n) is 7.48. The lowest BCUT2D eigenvalue weighted by atomic mass is 9.99. The van der Waals surface area contributed by atoms with E-state index in [4.69, 9.17) is 9.47 Å². The normalized spacial score (nSPS) is 12.5. The van der Waals surface area contributed by atoms with Crippen LogP contribution in [0.25, 0.3) is 0 Å². The van der Waals surface area contributed by atoms with Crippen molar-refractivity contribution >= 4 is 23.4 Å². The van der Waals surface area contributed by atoms with Crippen molar-refractivity contribution in [2.24, 2.45) is 0 Å². The van der Waals surface area contributed by atoms with Crippen molar-refractivity contribution in [1.29, 1.82) is 0 Å². The van der Waals surface area contributed by atoms with Gasteiger partial charge in [-0.25, -0.2) is 4.79 Å². The molecular weight excluding hydrogens is 428 g/mol. The van der Waals surface area contributed by atoms with Crippen LogP contribution in [0, 0.1) is 0 Å². The number of carbonyl (C=O) groups is 3. The number of carboxylic acids is 1. The minimum Gasteiger partial charge on any atom is -0.504 e. The van der Waals surface area contributed by atoms with Crippen LogP contribution in [0.4, 0.5) is 5.69 Å². The maximum Gasteiger partial charge on any atom is 0.327 e. The predicted octanol–water partition coefficient (Wildman–Crippen LogP) is 2.62. The smallest absolute Gasteiger partial charge is 0.327 e. The molecular formula is C24H30N2O7. The van der Waals surface area contributed by atoms with Crippen LogP contribution in [0.5, 0.6) is 11.5 Å². The summed E-state index contributed by atoms with van der Waals surface area (Å²) in [6, 6.07) is 10.2. The Kier molecular flexibility index (Phi) is 9.68. The Balaban J connectivity index is 2.08. The number of aromatic hydroxyl groups is 1. The molecule has 2 aromatic rings. The Labute approximate surface area is 192 Å². The molecule has 4 N–H and O–H groups in total.